The molecule has 3 aromatic rings. The second-order valence-corrected chi connectivity index (χ2v) is 9.00. The van der Waals surface area contributed by atoms with Gasteiger partial charge in [0.1, 0.15) is 17.5 Å². The van der Waals surface area contributed by atoms with E-state index in [-0.39, 0.29) is 17.4 Å². The Labute approximate surface area is 186 Å². The fraction of sp³-hybridized carbons (Fsp3) is 0.375. The van der Waals surface area contributed by atoms with Crippen molar-refractivity contribution in [3.05, 3.63) is 59.4 Å². The maximum Gasteiger partial charge on any atom is 0.262 e. The zero-order valence-corrected chi connectivity index (χ0v) is 17.5. The number of halogens is 5. The lowest BCUT2D eigenvalue weighted by molar-refractivity contribution is -0.123. The Balaban J connectivity index is 1.33. The van der Waals surface area contributed by atoms with E-state index in [4.69, 9.17) is 0 Å². The molecule has 0 bridgehead atoms. The summed E-state index contributed by atoms with van der Waals surface area (Å²) in [6, 6.07) is 6.98. The third-order valence-electron chi connectivity index (χ3n) is 6.63. The topological polar surface area (TPSA) is 56.9 Å². The third kappa shape index (κ3) is 4.21. The van der Waals surface area contributed by atoms with Crippen molar-refractivity contribution in [2.24, 2.45) is 5.92 Å². The number of carbonyl (C=O) groups is 1. The smallest absolute Gasteiger partial charge is 0.262 e. The highest BCUT2D eigenvalue weighted by Gasteiger charge is 2.42. The largest absolute Gasteiger partial charge is 0.354 e. The maximum absolute atomic E-state index is 14.5. The molecule has 2 heterocycles. The summed E-state index contributed by atoms with van der Waals surface area (Å²) in [6.45, 7) is -0.160. The zero-order valence-electron chi connectivity index (χ0n) is 17.5. The van der Waals surface area contributed by atoms with E-state index >= 15 is 0 Å². The average molecular weight is 463 g/mol. The SMILES string of the molecule is O=C(NCC1CC(c2c(-c3ccc(F)cc3)[nH]c3c(F)cc(F)cc23)C1)C1CC(F)(F)CN1. The van der Waals surface area contributed by atoms with Crippen LogP contribution < -0.4 is 10.6 Å². The Hall–Kier alpha value is -2.94. The van der Waals surface area contributed by atoms with Gasteiger partial charge in [-0.05, 0) is 66.1 Å². The number of hydrogen-bond acceptors (Lipinski definition) is 2. The molecule has 0 radical (unpaired) electrons. The molecule has 2 aromatic carbocycles. The van der Waals surface area contributed by atoms with Gasteiger partial charge in [-0.1, -0.05) is 0 Å². The van der Waals surface area contributed by atoms with E-state index in [1.807, 2.05) is 0 Å². The van der Waals surface area contributed by atoms with Crippen molar-refractivity contribution in [3.63, 3.8) is 0 Å². The van der Waals surface area contributed by atoms with Crippen LogP contribution in [0, 0.1) is 23.4 Å². The number of aromatic amines is 1. The van der Waals surface area contributed by atoms with Crippen molar-refractivity contribution in [2.45, 2.75) is 37.1 Å². The van der Waals surface area contributed by atoms with Crippen molar-refractivity contribution in [1.29, 1.82) is 0 Å². The van der Waals surface area contributed by atoms with Gasteiger partial charge in [0.05, 0.1) is 23.8 Å². The number of nitrogens with one attached hydrogen (secondary N) is 3. The lowest BCUT2D eigenvalue weighted by atomic mass is 9.70. The lowest BCUT2D eigenvalue weighted by Crippen LogP contribution is -2.43. The van der Waals surface area contributed by atoms with Gasteiger partial charge in [-0.15, -0.1) is 0 Å². The molecule has 1 amide bonds. The van der Waals surface area contributed by atoms with Gasteiger partial charge in [-0.3, -0.25) is 10.1 Å². The number of carbonyl (C=O) groups excluding carboxylic acids is 1. The Morgan fingerprint density at radius 2 is 1.79 bits per heavy atom. The van der Waals surface area contributed by atoms with Crippen molar-refractivity contribution in [1.82, 2.24) is 15.6 Å². The Bertz CT molecular complexity index is 1200. The number of hydrogen-bond donors (Lipinski definition) is 3. The number of amides is 1. The molecule has 2 fully saturated rings. The van der Waals surface area contributed by atoms with Crippen molar-refractivity contribution in [3.8, 4) is 11.3 Å². The number of alkyl halides is 2. The molecule has 1 aliphatic heterocycles. The Kier molecular flexibility index (Phi) is 5.39. The van der Waals surface area contributed by atoms with Gasteiger partial charge >= 0.3 is 0 Å². The third-order valence-corrected chi connectivity index (χ3v) is 6.63. The number of benzene rings is 2. The quantitative estimate of drug-likeness (QED) is 0.474. The molecule has 1 saturated heterocycles. The van der Waals surface area contributed by atoms with Crippen LogP contribution >= 0.6 is 0 Å². The molecule has 1 atom stereocenters. The van der Waals surface area contributed by atoms with E-state index in [1.54, 1.807) is 12.1 Å². The van der Waals surface area contributed by atoms with Crippen LogP contribution in [0.1, 0.15) is 30.7 Å². The van der Waals surface area contributed by atoms with Crippen LogP contribution in [0.15, 0.2) is 36.4 Å². The van der Waals surface area contributed by atoms with Crippen LogP contribution in [-0.2, 0) is 4.79 Å². The normalized spacial score (nSPS) is 24.1. The first-order valence-corrected chi connectivity index (χ1v) is 10.9. The minimum Gasteiger partial charge on any atom is -0.354 e. The second kappa shape index (κ2) is 8.13. The summed E-state index contributed by atoms with van der Waals surface area (Å²) in [5.41, 5.74) is 2.22. The van der Waals surface area contributed by atoms with Gasteiger partial charge < -0.3 is 10.3 Å². The summed E-state index contributed by atoms with van der Waals surface area (Å²) < 4.78 is 68.5. The van der Waals surface area contributed by atoms with Gasteiger partial charge in [-0.25, -0.2) is 22.0 Å². The molecule has 3 N–H and O–H groups in total. The molecule has 33 heavy (non-hydrogen) atoms. The van der Waals surface area contributed by atoms with E-state index < -0.39 is 48.3 Å². The molecule has 9 heteroatoms. The molecular weight excluding hydrogens is 441 g/mol. The first-order valence-electron chi connectivity index (χ1n) is 10.9. The number of aromatic nitrogens is 1. The van der Waals surface area contributed by atoms with E-state index in [2.05, 4.69) is 15.6 Å². The second-order valence-electron chi connectivity index (χ2n) is 9.00. The highest BCUT2D eigenvalue weighted by molar-refractivity contribution is 5.92. The number of fused-ring (bicyclic) bond motifs is 1. The standard InChI is InChI=1S/C24H22F5N3O/c25-15-3-1-13(2-4-15)21-20(17-7-16(26)8-18(27)22(17)32-21)14-5-12(6-14)10-30-23(33)19-9-24(28,29)11-31-19/h1-4,7-8,12,14,19,31-32H,5-6,9-11H2,(H,30,33). The predicted molar refractivity (Wildman–Crippen MR) is 113 cm³/mol. The number of rotatable bonds is 5. The average Bonchev–Trinajstić information content (AvgIpc) is 3.28. The predicted octanol–water partition coefficient (Wildman–Crippen LogP) is 4.86. The van der Waals surface area contributed by atoms with E-state index in [1.165, 1.54) is 18.2 Å². The van der Waals surface area contributed by atoms with Crippen molar-refractivity contribution >= 4 is 16.8 Å². The lowest BCUT2D eigenvalue weighted by Gasteiger charge is -2.36. The molecule has 1 saturated carbocycles. The molecule has 0 spiro atoms. The van der Waals surface area contributed by atoms with Gasteiger partial charge in [-0.2, -0.15) is 0 Å². The first kappa shape index (κ1) is 21.9. The van der Waals surface area contributed by atoms with Crippen LogP contribution in [0.5, 0.6) is 0 Å². The van der Waals surface area contributed by atoms with Crippen LogP contribution in [-0.4, -0.2) is 35.9 Å². The fourth-order valence-electron chi connectivity index (χ4n) is 4.92. The molecular formula is C24H22F5N3O. The van der Waals surface area contributed by atoms with Crippen molar-refractivity contribution < 1.29 is 26.7 Å². The summed E-state index contributed by atoms with van der Waals surface area (Å²) in [4.78, 5) is 15.2. The molecule has 174 valence electrons. The highest BCUT2D eigenvalue weighted by Crippen LogP contribution is 2.48. The fourth-order valence-corrected chi connectivity index (χ4v) is 4.92. The first-order chi connectivity index (χ1) is 15.7. The van der Waals surface area contributed by atoms with Gasteiger partial charge in [0.2, 0.25) is 5.91 Å². The van der Waals surface area contributed by atoms with E-state index in [9.17, 15) is 26.7 Å². The highest BCUT2D eigenvalue weighted by atomic mass is 19.3. The molecule has 4 nitrogen and oxygen atoms in total. The maximum atomic E-state index is 14.5. The van der Waals surface area contributed by atoms with Gasteiger partial charge in [0.15, 0.2) is 0 Å². The van der Waals surface area contributed by atoms with Crippen LogP contribution in [0.25, 0.3) is 22.2 Å². The number of H-pyrrole nitrogens is 1. The molecule has 1 aromatic heterocycles. The summed E-state index contributed by atoms with van der Waals surface area (Å²) in [6.07, 6.45) is 0.807. The summed E-state index contributed by atoms with van der Waals surface area (Å²) in [7, 11) is 0. The van der Waals surface area contributed by atoms with Crippen LogP contribution in [0.3, 0.4) is 0 Å². The summed E-state index contributed by atoms with van der Waals surface area (Å²) in [5, 5.41) is 5.71. The molecule has 1 aliphatic carbocycles. The van der Waals surface area contributed by atoms with E-state index in [0.717, 1.165) is 11.6 Å². The molecule has 5 rings (SSSR count). The Morgan fingerprint density at radius 1 is 1.06 bits per heavy atom. The zero-order chi connectivity index (χ0) is 23.3. The minimum absolute atomic E-state index is 0.0177. The molecule has 1 unspecified atom stereocenters. The van der Waals surface area contributed by atoms with Gasteiger partial charge in [0, 0.05) is 24.4 Å². The van der Waals surface area contributed by atoms with Gasteiger partial charge in [0.25, 0.3) is 5.92 Å². The van der Waals surface area contributed by atoms with Crippen molar-refractivity contribution in [2.75, 3.05) is 13.1 Å². The van der Waals surface area contributed by atoms with Crippen LogP contribution in [0.4, 0.5) is 22.0 Å². The monoisotopic (exact) mass is 463 g/mol. The molecule has 2 aliphatic rings. The summed E-state index contributed by atoms with van der Waals surface area (Å²) >= 11 is 0. The Morgan fingerprint density at radius 3 is 2.45 bits per heavy atom. The van der Waals surface area contributed by atoms with Crippen LogP contribution in [0.2, 0.25) is 0 Å². The van der Waals surface area contributed by atoms with E-state index in [0.29, 0.717) is 36.0 Å². The minimum atomic E-state index is -2.87. The summed E-state index contributed by atoms with van der Waals surface area (Å²) in [5.74, 6) is -5.01.